The van der Waals surface area contributed by atoms with E-state index in [4.69, 9.17) is 16.7 Å². The van der Waals surface area contributed by atoms with E-state index in [1.165, 1.54) is 0 Å². The molecule has 2 heterocycles. The van der Waals surface area contributed by atoms with Crippen LogP contribution in [0.1, 0.15) is 37.2 Å². The molecule has 0 bridgehead atoms. The molecule has 1 N–H and O–H groups in total. The summed E-state index contributed by atoms with van der Waals surface area (Å²) >= 11 is 5.22. The van der Waals surface area contributed by atoms with Crippen LogP contribution in [-0.4, -0.2) is 19.7 Å². The third-order valence-electron chi connectivity index (χ3n) is 2.36. The second-order valence-electron chi connectivity index (χ2n) is 3.99. The third-order valence-corrected chi connectivity index (χ3v) is 2.70. The van der Waals surface area contributed by atoms with Crippen molar-refractivity contribution < 1.29 is 4.52 Å². The average Bonchev–Trinajstić information content (AvgIpc) is 2.76. The van der Waals surface area contributed by atoms with Crippen LogP contribution in [-0.2, 0) is 6.54 Å². The first-order valence-electron chi connectivity index (χ1n) is 5.15. The van der Waals surface area contributed by atoms with E-state index in [1.807, 2.05) is 10.8 Å². The van der Waals surface area contributed by atoms with Crippen LogP contribution < -0.4 is 0 Å². The highest BCUT2D eigenvalue weighted by molar-refractivity contribution is 7.71. The zero-order valence-corrected chi connectivity index (χ0v) is 10.3. The Kier molecular flexibility index (Phi) is 2.91. The van der Waals surface area contributed by atoms with E-state index in [9.17, 15) is 0 Å². The van der Waals surface area contributed by atoms with Gasteiger partial charge in [-0.25, -0.2) is 0 Å². The quantitative estimate of drug-likeness (QED) is 0.834. The molecule has 0 spiro atoms. The minimum atomic E-state index is 0.404. The number of imidazole rings is 1. The van der Waals surface area contributed by atoms with E-state index in [0.717, 1.165) is 5.69 Å². The predicted octanol–water partition coefficient (Wildman–Crippen LogP) is 2.41. The zero-order valence-electron chi connectivity index (χ0n) is 9.52. The first-order valence-corrected chi connectivity index (χ1v) is 5.56. The van der Waals surface area contributed by atoms with Gasteiger partial charge in [0, 0.05) is 18.8 Å². The Morgan fingerprint density at radius 2 is 2.31 bits per heavy atom. The summed E-state index contributed by atoms with van der Waals surface area (Å²) in [5.74, 6) is 1.62. The maximum atomic E-state index is 5.22. The smallest absolute Gasteiger partial charge is 0.223 e. The molecular formula is C10H14N4OS. The maximum Gasteiger partial charge on any atom is 0.223 e. The number of aromatic amines is 1. The van der Waals surface area contributed by atoms with Crippen LogP contribution in [0.25, 0.3) is 0 Å². The summed E-state index contributed by atoms with van der Waals surface area (Å²) in [5.41, 5.74) is 1.15. The highest BCUT2D eigenvalue weighted by Gasteiger charge is 2.11. The van der Waals surface area contributed by atoms with Crippen molar-refractivity contribution >= 4 is 12.2 Å². The molecule has 2 rings (SSSR count). The van der Waals surface area contributed by atoms with Crippen molar-refractivity contribution in [1.82, 2.24) is 19.7 Å². The summed E-state index contributed by atoms with van der Waals surface area (Å²) in [6.45, 7) is 6.56. The average molecular weight is 238 g/mol. The van der Waals surface area contributed by atoms with Gasteiger partial charge in [-0.15, -0.1) is 0 Å². The normalized spacial score (nSPS) is 11.2. The second-order valence-corrected chi connectivity index (χ2v) is 4.38. The summed E-state index contributed by atoms with van der Waals surface area (Å²) in [4.78, 5) is 7.21. The summed E-state index contributed by atoms with van der Waals surface area (Å²) in [6, 6.07) is 0. The molecule has 0 aliphatic heterocycles. The molecule has 6 heteroatoms. The Balaban J connectivity index is 2.33. The van der Waals surface area contributed by atoms with Crippen molar-refractivity contribution in [3.05, 3.63) is 28.4 Å². The molecule has 0 aliphatic carbocycles. The van der Waals surface area contributed by atoms with Crippen molar-refractivity contribution in [3.8, 4) is 0 Å². The third kappa shape index (κ3) is 2.06. The Morgan fingerprint density at radius 3 is 2.88 bits per heavy atom. The van der Waals surface area contributed by atoms with Gasteiger partial charge in [-0.2, -0.15) is 4.98 Å². The van der Waals surface area contributed by atoms with E-state index in [-0.39, 0.29) is 0 Å². The Bertz CT molecular complexity index is 537. The summed E-state index contributed by atoms with van der Waals surface area (Å²) in [7, 11) is 0. The van der Waals surface area contributed by atoms with Crippen molar-refractivity contribution in [1.29, 1.82) is 0 Å². The largest absolute Gasteiger partial charge is 0.340 e. The first kappa shape index (κ1) is 11.1. The van der Waals surface area contributed by atoms with E-state index in [2.05, 4.69) is 29.0 Å². The second kappa shape index (κ2) is 4.21. The first-order chi connectivity index (χ1) is 7.58. The van der Waals surface area contributed by atoms with Gasteiger partial charge in [0.25, 0.3) is 0 Å². The molecule has 86 valence electrons. The number of nitrogens with one attached hydrogen (secondary N) is 1. The molecule has 0 saturated carbocycles. The number of hydrogen-bond acceptors (Lipinski definition) is 4. The lowest BCUT2D eigenvalue weighted by Gasteiger charge is -2.08. The molecule has 0 unspecified atom stereocenters. The number of hydrogen-bond donors (Lipinski definition) is 1. The minimum absolute atomic E-state index is 0.404. The molecule has 16 heavy (non-hydrogen) atoms. The SMILES string of the molecule is Cc1nc(Cn2c(C(C)C)c[nH]c2=S)no1. The lowest BCUT2D eigenvalue weighted by molar-refractivity contribution is 0.385. The number of aryl methyl sites for hydroxylation is 1. The van der Waals surface area contributed by atoms with Gasteiger partial charge in [-0.1, -0.05) is 19.0 Å². The molecule has 0 radical (unpaired) electrons. The molecule has 0 fully saturated rings. The maximum absolute atomic E-state index is 5.22. The Morgan fingerprint density at radius 1 is 1.56 bits per heavy atom. The van der Waals surface area contributed by atoms with E-state index >= 15 is 0 Å². The lowest BCUT2D eigenvalue weighted by Crippen LogP contribution is -2.07. The molecule has 0 aromatic carbocycles. The van der Waals surface area contributed by atoms with Crippen molar-refractivity contribution in [2.45, 2.75) is 33.2 Å². The minimum Gasteiger partial charge on any atom is -0.340 e. The van der Waals surface area contributed by atoms with Gasteiger partial charge in [0.1, 0.15) is 0 Å². The van der Waals surface area contributed by atoms with Gasteiger partial charge in [0.15, 0.2) is 10.6 Å². The Hall–Kier alpha value is -1.43. The number of rotatable bonds is 3. The van der Waals surface area contributed by atoms with Gasteiger partial charge in [-0.05, 0) is 18.1 Å². The van der Waals surface area contributed by atoms with Crippen LogP contribution >= 0.6 is 12.2 Å². The van der Waals surface area contributed by atoms with Crippen molar-refractivity contribution in [2.75, 3.05) is 0 Å². The fourth-order valence-corrected chi connectivity index (χ4v) is 1.83. The molecule has 0 aliphatic rings. The number of H-pyrrole nitrogens is 1. The van der Waals surface area contributed by atoms with Gasteiger partial charge in [0.05, 0.1) is 6.54 Å². The topological polar surface area (TPSA) is 59.6 Å². The van der Waals surface area contributed by atoms with E-state index in [1.54, 1.807) is 6.92 Å². The van der Waals surface area contributed by atoms with E-state index in [0.29, 0.717) is 28.9 Å². The van der Waals surface area contributed by atoms with Gasteiger partial charge < -0.3 is 14.1 Å². The van der Waals surface area contributed by atoms with Gasteiger partial charge >= 0.3 is 0 Å². The van der Waals surface area contributed by atoms with Gasteiger partial charge in [-0.3, -0.25) is 0 Å². The highest BCUT2D eigenvalue weighted by Crippen LogP contribution is 2.15. The van der Waals surface area contributed by atoms with Crippen LogP contribution in [0.5, 0.6) is 0 Å². The highest BCUT2D eigenvalue weighted by atomic mass is 32.1. The van der Waals surface area contributed by atoms with Crippen LogP contribution in [0.2, 0.25) is 0 Å². The van der Waals surface area contributed by atoms with Crippen LogP contribution in [0.3, 0.4) is 0 Å². The summed E-state index contributed by atoms with van der Waals surface area (Å²) in [5, 5.41) is 3.87. The van der Waals surface area contributed by atoms with Crippen LogP contribution in [0, 0.1) is 11.7 Å². The van der Waals surface area contributed by atoms with Crippen LogP contribution in [0.15, 0.2) is 10.7 Å². The molecule has 0 saturated heterocycles. The lowest BCUT2D eigenvalue weighted by atomic mass is 10.1. The van der Waals surface area contributed by atoms with Crippen molar-refractivity contribution in [2.24, 2.45) is 0 Å². The Labute approximate surface area is 98.5 Å². The molecule has 0 amide bonds. The zero-order chi connectivity index (χ0) is 11.7. The summed E-state index contributed by atoms with van der Waals surface area (Å²) < 4.78 is 7.61. The number of nitrogens with zero attached hydrogens (tertiary/aromatic N) is 3. The van der Waals surface area contributed by atoms with Gasteiger partial charge in [0.2, 0.25) is 5.89 Å². The molecule has 5 nitrogen and oxygen atoms in total. The van der Waals surface area contributed by atoms with Crippen LogP contribution in [0.4, 0.5) is 0 Å². The summed E-state index contributed by atoms with van der Waals surface area (Å²) in [6.07, 6.45) is 1.93. The number of aromatic nitrogens is 4. The van der Waals surface area contributed by atoms with Crippen molar-refractivity contribution in [3.63, 3.8) is 0 Å². The fourth-order valence-electron chi connectivity index (χ4n) is 1.60. The monoisotopic (exact) mass is 238 g/mol. The van der Waals surface area contributed by atoms with E-state index < -0.39 is 0 Å². The fraction of sp³-hybridized carbons (Fsp3) is 0.500. The predicted molar refractivity (Wildman–Crippen MR) is 61.8 cm³/mol. The molecule has 2 aromatic heterocycles. The standard InChI is InChI=1S/C10H14N4OS/c1-6(2)8-4-11-10(16)14(8)5-9-12-7(3)15-13-9/h4,6H,5H2,1-3H3,(H,11,16). The molecular weight excluding hydrogens is 224 g/mol. The molecule has 0 atom stereocenters. The molecule has 2 aromatic rings.